The third kappa shape index (κ3) is 2.98. The van der Waals surface area contributed by atoms with Gasteiger partial charge >= 0.3 is 0 Å². The van der Waals surface area contributed by atoms with Crippen LogP contribution in [0.25, 0.3) is 0 Å². The molecule has 0 amide bonds. The van der Waals surface area contributed by atoms with Crippen LogP contribution in [0.4, 0.5) is 10.1 Å². The first kappa shape index (κ1) is 15.7. The maximum Gasteiger partial charge on any atom is 0.147 e. The lowest BCUT2D eigenvalue weighted by Crippen LogP contribution is -2.50. The summed E-state index contributed by atoms with van der Waals surface area (Å²) in [7, 11) is 0. The topological polar surface area (TPSA) is 32.7 Å². The van der Waals surface area contributed by atoms with Crippen LogP contribution in [0, 0.1) is 5.82 Å². The molecule has 0 saturated carbocycles. The highest BCUT2D eigenvalue weighted by molar-refractivity contribution is 5.63. The van der Waals surface area contributed by atoms with Gasteiger partial charge in [0.25, 0.3) is 0 Å². The minimum atomic E-state index is -0.313. The van der Waals surface area contributed by atoms with Gasteiger partial charge in [0.05, 0.1) is 12.2 Å². The summed E-state index contributed by atoms with van der Waals surface area (Å²) in [5, 5.41) is 9.77. The van der Waals surface area contributed by atoms with Gasteiger partial charge in [0, 0.05) is 18.2 Å². The van der Waals surface area contributed by atoms with E-state index in [9.17, 15) is 9.50 Å². The number of anilines is 1. The van der Waals surface area contributed by atoms with Crippen molar-refractivity contribution >= 4 is 5.69 Å². The molecule has 1 heterocycles. The molecule has 1 aliphatic rings. The second kappa shape index (κ2) is 6.11. The average Bonchev–Trinajstić information content (AvgIpc) is 2.56. The summed E-state index contributed by atoms with van der Waals surface area (Å²) in [4.78, 5) is 2.14. The van der Waals surface area contributed by atoms with E-state index in [4.69, 9.17) is 4.74 Å². The van der Waals surface area contributed by atoms with E-state index >= 15 is 0 Å². The summed E-state index contributed by atoms with van der Waals surface area (Å²) < 4.78 is 20.2. The van der Waals surface area contributed by atoms with Gasteiger partial charge in [-0.15, -0.1) is 0 Å². The number of phenolic OH excluding ortho intramolecular Hbond substituents is 1. The van der Waals surface area contributed by atoms with Crippen LogP contribution in [0.15, 0.2) is 42.5 Å². The Kier molecular flexibility index (Phi) is 4.16. The largest absolute Gasteiger partial charge is 0.508 e. The number of phenols is 1. The fraction of sp³-hybridized carbons (Fsp3) is 0.368. The van der Waals surface area contributed by atoms with Gasteiger partial charge in [0.15, 0.2) is 0 Å². The van der Waals surface area contributed by atoms with Crippen molar-refractivity contribution < 1.29 is 14.2 Å². The van der Waals surface area contributed by atoms with Crippen molar-refractivity contribution in [3.8, 4) is 11.5 Å². The van der Waals surface area contributed by atoms with E-state index in [2.05, 4.69) is 18.7 Å². The van der Waals surface area contributed by atoms with Crippen molar-refractivity contribution in [1.29, 1.82) is 0 Å². The van der Waals surface area contributed by atoms with Crippen LogP contribution in [0.2, 0.25) is 0 Å². The number of rotatable bonds is 4. The molecule has 1 aliphatic heterocycles. The van der Waals surface area contributed by atoms with Crippen LogP contribution in [-0.4, -0.2) is 17.3 Å². The number of hydrogen-bond donors (Lipinski definition) is 1. The maximum absolute atomic E-state index is 14.0. The molecule has 1 N–H and O–H groups in total. The molecule has 0 unspecified atom stereocenters. The van der Waals surface area contributed by atoms with Gasteiger partial charge in [0.1, 0.15) is 22.9 Å². The Hall–Kier alpha value is -2.23. The van der Waals surface area contributed by atoms with Crippen LogP contribution in [-0.2, 0) is 6.54 Å². The van der Waals surface area contributed by atoms with Crippen molar-refractivity contribution in [3.63, 3.8) is 0 Å². The molecule has 3 nitrogen and oxygen atoms in total. The van der Waals surface area contributed by atoms with E-state index in [1.54, 1.807) is 18.2 Å². The molecule has 2 aromatic carbocycles. The van der Waals surface area contributed by atoms with Crippen LogP contribution < -0.4 is 9.64 Å². The summed E-state index contributed by atoms with van der Waals surface area (Å²) >= 11 is 0. The SMILES string of the molecule is CCC1(CC)CN(Cc2ccccc2F)c2ccc(O)cc2O1. The van der Waals surface area contributed by atoms with Gasteiger partial charge in [-0.3, -0.25) is 0 Å². The zero-order valence-electron chi connectivity index (χ0n) is 13.6. The van der Waals surface area contributed by atoms with Gasteiger partial charge in [0.2, 0.25) is 0 Å². The van der Waals surface area contributed by atoms with Gasteiger partial charge in [-0.1, -0.05) is 32.0 Å². The number of hydrogen-bond acceptors (Lipinski definition) is 3. The zero-order chi connectivity index (χ0) is 16.4. The molecule has 0 bridgehead atoms. The van der Waals surface area contributed by atoms with Gasteiger partial charge < -0.3 is 14.7 Å². The summed E-state index contributed by atoms with van der Waals surface area (Å²) in [6, 6.07) is 12.0. The third-order valence-electron chi connectivity index (χ3n) is 4.70. The molecular weight excluding hydrogens is 293 g/mol. The molecule has 4 heteroatoms. The normalized spacial score (nSPS) is 15.9. The van der Waals surface area contributed by atoms with Crippen molar-refractivity contribution in [2.75, 3.05) is 11.4 Å². The molecule has 0 fully saturated rings. The molecule has 0 radical (unpaired) electrons. The Balaban J connectivity index is 2.00. The molecule has 0 atom stereocenters. The highest BCUT2D eigenvalue weighted by Crippen LogP contribution is 2.42. The van der Waals surface area contributed by atoms with Crippen LogP contribution in [0.3, 0.4) is 0 Å². The van der Waals surface area contributed by atoms with Crippen molar-refractivity contribution in [2.24, 2.45) is 0 Å². The predicted octanol–water partition coefficient (Wildman–Crippen LogP) is 4.49. The van der Waals surface area contributed by atoms with Crippen LogP contribution in [0.5, 0.6) is 11.5 Å². The minimum Gasteiger partial charge on any atom is -0.508 e. The number of benzene rings is 2. The molecule has 0 saturated heterocycles. The first-order chi connectivity index (χ1) is 11.1. The van der Waals surface area contributed by atoms with Gasteiger partial charge in [-0.2, -0.15) is 0 Å². The van der Waals surface area contributed by atoms with E-state index in [0.29, 0.717) is 24.4 Å². The fourth-order valence-corrected chi connectivity index (χ4v) is 3.14. The number of fused-ring (bicyclic) bond motifs is 1. The Bertz CT molecular complexity index is 698. The van der Waals surface area contributed by atoms with E-state index in [0.717, 1.165) is 18.5 Å². The lowest BCUT2D eigenvalue weighted by atomic mass is 9.93. The summed E-state index contributed by atoms with van der Waals surface area (Å²) in [6.07, 6.45) is 1.71. The Morgan fingerprint density at radius 2 is 1.91 bits per heavy atom. The minimum absolute atomic E-state index is 0.178. The average molecular weight is 315 g/mol. The second-order valence-corrected chi connectivity index (χ2v) is 6.09. The first-order valence-electron chi connectivity index (χ1n) is 8.07. The molecule has 3 rings (SSSR count). The van der Waals surface area contributed by atoms with Crippen LogP contribution >= 0.6 is 0 Å². The van der Waals surface area contributed by atoms with Crippen LogP contribution in [0.1, 0.15) is 32.3 Å². The monoisotopic (exact) mass is 315 g/mol. The highest BCUT2D eigenvalue weighted by Gasteiger charge is 2.37. The molecule has 2 aromatic rings. The molecule has 0 aliphatic carbocycles. The van der Waals surface area contributed by atoms with Crippen molar-refractivity contribution in [1.82, 2.24) is 0 Å². The second-order valence-electron chi connectivity index (χ2n) is 6.09. The summed E-state index contributed by atoms with van der Waals surface area (Å²) in [5.41, 5.74) is 1.24. The summed E-state index contributed by atoms with van der Waals surface area (Å²) in [5.74, 6) is 0.645. The lowest BCUT2D eigenvalue weighted by Gasteiger charge is -2.44. The maximum atomic E-state index is 14.0. The number of ether oxygens (including phenoxy) is 1. The Morgan fingerprint density at radius 1 is 1.17 bits per heavy atom. The van der Waals surface area contributed by atoms with E-state index in [-0.39, 0.29) is 17.2 Å². The molecular formula is C19H22FNO2. The third-order valence-corrected chi connectivity index (χ3v) is 4.70. The quantitative estimate of drug-likeness (QED) is 0.902. The van der Waals surface area contributed by atoms with E-state index < -0.39 is 0 Å². The predicted molar refractivity (Wildman–Crippen MR) is 89.5 cm³/mol. The van der Waals surface area contributed by atoms with Crippen molar-refractivity contribution in [3.05, 3.63) is 53.8 Å². The van der Waals surface area contributed by atoms with Gasteiger partial charge in [-0.05, 0) is 31.0 Å². The number of nitrogens with zero attached hydrogens (tertiary/aromatic N) is 1. The van der Waals surface area contributed by atoms with Crippen molar-refractivity contribution in [2.45, 2.75) is 38.8 Å². The first-order valence-corrected chi connectivity index (χ1v) is 8.07. The Labute approximate surface area is 136 Å². The zero-order valence-corrected chi connectivity index (χ0v) is 13.6. The molecule has 0 spiro atoms. The number of aromatic hydroxyl groups is 1. The van der Waals surface area contributed by atoms with Gasteiger partial charge in [-0.25, -0.2) is 4.39 Å². The fourth-order valence-electron chi connectivity index (χ4n) is 3.14. The van der Waals surface area contributed by atoms with E-state index in [1.807, 2.05) is 18.2 Å². The lowest BCUT2D eigenvalue weighted by molar-refractivity contribution is 0.0567. The van der Waals surface area contributed by atoms with E-state index in [1.165, 1.54) is 6.07 Å². The Morgan fingerprint density at radius 3 is 2.61 bits per heavy atom. The highest BCUT2D eigenvalue weighted by atomic mass is 19.1. The molecule has 0 aromatic heterocycles. The number of halogens is 1. The summed E-state index contributed by atoms with van der Waals surface area (Å²) in [6.45, 7) is 5.37. The smallest absolute Gasteiger partial charge is 0.147 e. The molecule has 23 heavy (non-hydrogen) atoms. The molecule has 122 valence electrons. The standard InChI is InChI=1S/C19H22FNO2/c1-3-19(4-2)13-21(12-14-7-5-6-8-16(14)20)17-10-9-15(22)11-18(17)23-19/h5-11,22H,3-4,12-13H2,1-2H3.